The lowest BCUT2D eigenvalue weighted by Gasteiger charge is -2.05. The molecular formula is C17H12ClN7O2S. The Kier molecular flexibility index (Phi) is 4.77. The zero-order chi connectivity index (χ0) is 19.7. The molecule has 0 aliphatic carbocycles. The molecule has 4 rings (SSSR count). The number of nitrogens with zero attached hydrogens (tertiary/aromatic N) is 5. The number of H-pyrrole nitrogens is 2. The van der Waals surface area contributed by atoms with Crippen LogP contribution in [0.5, 0.6) is 5.75 Å². The second-order valence-electron chi connectivity index (χ2n) is 5.64. The van der Waals surface area contributed by atoms with Crippen LogP contribution < -0.4 is 10.3 Å². The molecule has 0 aliphatic rings. The minimum absolute atomic E-state index is 0.290. The number of methoxy groups -OCH3 is 1. The summed E-state index contributed by atoms with van der Waals surface area (Å²) in [5, 5.41) is 19.9. The van der Waals surface area contributed by atoms with Crippen molar-refractivity contribution in [1.82, 2.24) is 29.8 Å². The van der Waals surface area contributed by atoms with Gasteiger partial charge < -0.3 is 4.74 Å². The van der Waals surface area contributed by atoms with Gasteiger partial charge in [-0.15, -0.1) is 5.10 Å². The van der Waals surface area contributed by atoms with Crippen LogP contribution in [0.15, 0.2) is 40.4 Å². The first-order valence-corrected chi connectivity index (χ1v) is 9.34. The molecule has 0 saturated heterocycles. The van der Waals surface area contributed by atoms with Crippen molar-refractivity contribution in [3.8, 4) is 23.2 Å². The standard InChI is InChI=1S/C17H12ClN7O2S/c1-27-13-3-2-10(18)4-12(13)15-22-17(24-23-15)28-8-11-5-14(26)25-16(21-11)9(6-19)7-20-25/h2-5,7,20H,8H2,1H3,(H,22,23,24). The number of fused-ring (bicyclic) bond motifs is 1. The molecule has 0 bridgehead atoms. The van der Waals surface area contributed by atoms with Crippen LogP contribution in [0.3, 0.4) is 0 Å². The van der Waals surface area contributed by atoms with Crippen molar-refractivity contribution < 1.29 is 4.74 Å². The van der Waals surface area contributed by atoms with E-state index in [9.17, 15) is 4.79 Å². The Hall–Kier alpha value is -3.29. The summed E-state index contributed by atoms with van der Waals surface area (Å²) >= 11 is 7.37. The Morgan fingerprint density at radius 2 is 2.21 bits per heavy atom. The molecule has 1 aromatic carbocycles. The Morgan fingerprint density at radius 3 is 3.00 bits per heavy atom. The number of thioether (sulfide) groups is 1. The van der Waals surface area contributed by atoms with Crippen molar-refractivity contribution in [2.45, 2.75) is 10.9 Å². The molecule has 9 nitrogen and oxygen atoms in total. The highest BCUT2D eigenvalue weighted by Crippen LogP contribution is 2.31. The molecule has 0 aliphatic heterocycles. The van der Waals surface area contributed by atoms with Crippen LogP contribution >= 0.6 is 23.4 Å². The quantitative estimate of drug-likeness (QED) is 0.482. The Bertz CT molecular complexity index is 1270. The zero-order valence-corrected chi connectivity index (χ0v) is 16.0. The molecule has 3 aromatic heterocycles. The van der Waals surface area contributed by atoms with Gasteiger partial charge in [0.05, 0.1) is 18.4 Å². The predicted molar refractivity (Wildman–Crippen MR) is 103 cm³/mol. The zero-order valence-electron chi connectivity index (χ0n) is 14.4. The number of nitriles is 1. The topological polar surface area (TPSA) is 125 Å². The largest absolute Gasteiger partial charge is 0.496 e. The van der Waals surface area contributed by atoms with Gasteiger partial charge in [-0.1, -0.05) is 23.4 Å². The van der Waals surface area contributed by atoms with E-state index >= 15 is 0 Å². The van der Waals surface area contributed by atoms with Gasteiger partial charge in [-0.2, -0.15) is 5.26 Å². The van der Waals surface area contributed by atoms with Crippen molar-refractivity contribution in [3.05, 3.63) is 57.1 Å². The summed E-state index contributed by atoms with van der Waals surface area (Å²) in [7, 11) is 1.57. The lowest BCUT2D eigenvalue weighted by molar-refractivity contribution is 0.416. The normalized spacial score (nSPS) is 10.9. The second kappa shape index (κ2) is 7.38. The molecule has 0 spiro atoms. The van der Waals surface area contributed by atoms with Gasteiger partial charge in [0.25, 0.3) is 5.56 Å². The van der Waals surface area contributed by atoms with Gasteiger partial charge in [0.2, 0.25) is 5.16 Å². The molecule has 0 saturated carbocycles. The first kappa shape index (κ1) is 18.1. The van der Waals surface area contributed by atoms with E-state index in [1.807, 2.05) is 6.07 Å². The maximum absolute atomic E-state index is 12.1. The van der Waals surface area contributed by atoms with Gasteiger partial charge in [0.15, 0.2) is 11.5 Å². The molecular weight excluding hydrogens is 402 g/mol. The summed E-state index contributed by atoms with van der Waals surface area (Å²) in [5.41, 5.74) is 1.53. The summed E-state index contributed by atoms with van der Waals surface area (Å²) in [6, 6.07) is 8.63. The van der Waals surface area contributed by atoms with E-state index in [4.69, 9.17) is 21.6 Å². The number of benzene rings is 1. The van der Waals surface area contributed by atoms with Crippen LogP contribution in [0.4, 0.5) is 0 Å². The Labute approximate surface area is 167 Å². The summed E-state index contributed by atoms with van der Waals surface area (Å²) < 4.78 is 6.56. The molecule has 0 fully saturated rings. The number of ether oxygens (including phenoxy) is 1. The number of rotatable bonds is 5. The maximum atomic E-state index is 12.1. The van der Waals surface area contributed by atoms with Crippen LogP contribution in [0.2, 0.25) is 5.02 Å². The molecule has 4 aromatic rings. The first-order valence-electron chi connectivity index (χ1n) is 7.98. The van der Waals surface area contributed by atoms with E-state index in [2.05, 4.69) is 25.3 Å². The van der Waals surface area contributed by atoms with Gasteiger partial charge in [-0.3, -0.25) is 15.0 Å². The van der Waals surface area contributed by atoms with Gasteiger partial charge in [0, 0.05) is 23.0 Å². The minimum atomic E-state index is -0.290. The SMILES string of the molecule is COc1ccc(Cl)cc1-c1nc(SCc2cc(=O)n3[nH]cc(C#N)c3n2)n[nH]1. The highest BCUT2D eigenvalue weighted by molar-refractivity contribution is 7.98. The fourth-order valence-electron chi connectivity index (χ4n) is 2.62. The molecule has 0 unspecified atom stereocenters. The van der Waals surface area contributed by atoms with E-state index in [1.165, 1.54) is 28.5 Å². The first-order chi connectivity index (χ1) is 13.6. The molecule has 2 N–H and O–H groups in total. The van der Waals surface area contributed by atoms with Crippen LogP contribution in [-0.2, 0) is 5.75 Å². The van der Waals surface area contributed by atoms with Crippen molar-refractivity contribution in [1.29, 1.82) is 5.26 Å². The molecule has 0 atom stereocenters. The molecule has 0 radical (unpaired) electrons. The van der Waals surface area contributed by atoms with Crippen molar-refractivity contribution >= 4 is 29.0 Å². The van der Waals surface area contributed by atoms with Gasteiger partial charge in [0.1, 0.15) is 17.4 Å². The molecule has 11 heteroatoms. The average Bonchev–Trinajstić information content (AvgIpc) is 3.33. The predicted octanol–water partition coefficient (Wildman–Crippen LogP) is 2.63. The number of nitrogens with one attached hydrogen (secondary N) is 2. The number of halogens is 1. The van der Waals surface area contributed by atoms with E-state index in [0.717, 1.165) is 0 Å². The maximum Gasteiger partial charge on any atom is 0.272 e. The second-order valence-corrected chi connectivity index (χ2v) is 7.02. The van der Waals surface area contributed by atoms with E-state index in [1.54, 1.807) is 25.3 Å². The smallest absolute Gasteiger partial charge is 0.272 e. The number of hydrogen-bond acceptors (Lipinski definition) is 7. The van der Waals surface area contributed by atoms with Crippen LogP contribution in [0, 0.1) is 11.3 Å². The van der Waals surface area contributed by atoms with Crippen LogP contribution in [0.25, 0.3) is 17.0 Å². The fraction of sp³-hybridized carbons (Fsp3) is 0.118. The molecule has 0 amide bonds. The summed E-state index contributed by atoms with van der Waals surface area (Å²) in [6.07, 6.45) is 1.45. The summed E-state index contributed by atoms with van der Waals surface area (Å²) in [5.74, 6) is 1.50. The van der Waals surface area contributed by atoms with Gasteiger partial charge in [-0.25, -0.2) is 14.5 Å². The van der Waals surface area contributed by atoms with Crippen LogP contribution in [-0.4, -0.2) is 36.9 Å². The summed E-state index contributed by atoms with van der Waals surface area (Å²) in [4.78, 5) is 21.0. The Morgan fingerprint density at radius 1 is 1.36 bits per heavy atom. The number of hydrogen-bond donors (Lipinski definition) is 2. The molecule has 140 valence electrons. The Balaban J connectivity index is 1.57. The summed E-state index contributed by atoms with van der Waals surface area (Å²) in [6.45, 7) is 0. The highest BCUT2D eigenvalue weighted by atomic mass is 35.5. The van der Waals surface area contributed by atoms with Crippen molar-refractivity contribution in [3.63, 3.8) is 0 Å². The fourth-order valence-corrected chi connectivity index (χ4v) is 3.48. The number of aromatic amines is 2. The van der Waals surface area contributed by atoms with Crippen molar-refractivity contribution in [2.75, 3.05) is 7.11 Å². The molecule has 3 heterocycles. The van der Waals surface area contributed by atoms with Crippen LogP contribution in [0.1, 0.15) is 11.3 Å². The third-order valence-corrected chi connectivity index (χ3v) is 5.02. The van der Waals surface area contributed by atoms with Gasteiger partial charge >= 0.3 is 0 Å². The third-order valence-electron chi connectivity index (χ3n) is 3.90. The highest BCUT2D eigenvalue weighted by Gasteiger charge is 2.13. The average molecular weight is 414 g/mol. The van der Waals surface area contributed by atoms with Crippen molar-refractivity contribution in [2.24, 2.45) is 0 Å². The minimum Gasteiger partial charge on any atom is -0.496 e. The monoisotopic (exact) mass is 413 g/mol. The number of aromatic nitrogens is 6. The van der Waals surface area contributed by atoms with E-state index < -0.39 is 0 Å². The lowest BCUT2D eigenvalue weighted by atomic mass is 10.2. The van der Waals surface area contributed by atoms with E-state index in [0.29, 0.717) is 50.0 Å². The lowest BCUT2D eigenvalue weighted by Crippen LogP contribution is -2.15. The van der Waals surface area contributed by atoms with E-state index in [-0.39, 0.29) is 5.56 Å². The third kappa shape index (κ3) is 3.33. The van der Waals surface area contributed by atoms with Gasteiger partial charge in [-0.05, 0) is 18.2 Å². The molecule has 28 heavy (non-hydrogen) atoms.